The van der Waals surface area contributed by atoms with Crippen LogP contribution in [0.5, 0.6) is 0 Å². The van der Waals surface area contributed by atoms with Crippen LogP contribution < -0.4 is 21.5 Å². The number of hydrogen-bond acceptors (Lipinski definition) is 10. The predicted molar refractivity (Wildman–Crippen MR) is 257 cm³/mol. The lowest BCUT2D eigenvalue weighted by atomic mass is 10.0. The summed E-state index contributed by atoms with van der Waals surface area (Å²) in [6.45, 7) is 13.4. The summed E-state index contributed by atoms with van der Waals surface area (Å²) < 4.78 is 17.8. The minimum absolute atomic E-state index is 0.0448. The molecule has 1 rings (SSSR count). The van der Waals surface area contributed by atoms with Gasteiger partial charge in [-0.3, -0.25) is 19.2 Å². The first-order valence-electron chi connectivity index (χ1n) is 25.7. The first-order chi connectivity index (χ1) is 29.8. The molecule has 0 aliphatic carbocycles. The lowest BCUT2D eigenvalue weighted by Crippen LogP contribution is -2.37. The zero-order valence-electron chi connectivity index (χ0n) is 40.3. The lowest BCUT2D eigenvalue weighted by molar-refractivity contribution is -0.151. The third kappa shape index (κ3) is 30.3. The molecule has 2 N–H and O–H groups in total. The lowest BCUT2D eigenvalue weighted by Gasteiger charge is -2.23. The number of nitrogens with one attached hydrogen (secondary N) is 2. The molecule has 0 bridgehead atoms. The Labute approximate surface area is 373 Å². The highest BCUT2D eigenvalue weighted by Gasteiger charge is 2.19. The quantitative estimate of drug-likeness (QED) is 0.0372. The van der Waals surface area contributed by atoms with Crippen molar-refractivity contribution in [3.05, 3.63) is 20.4 Å². The fraction of sp³-hybridized carbons (Fsp3) is 0.882. The summed E-state index contributed by atoms with van der Waals surface area (Å²) in [5, 5.41) is 5.98. The highest BCUT2D eigenvalue weighted by Crippen LogP contribution is 2.19. The van der Waals surface area contributed by atoms with E-state index in [4.69, 9.17) is 14.2 Å². The summed E-state index contributed by atoms with van der Waals surface area (Å²) in [6.07, 6.45) is 35.0. The van der Waals surface area contributed by atoms with Gasteiger partial charge < -0.3 is 29.7 Å². The maximum atomic E-state index is 12.8. The van der Waals surface area contributed by atoms with Crippen molar-refractivity contribution in [2.24, 2.45) is 0 Å². The molecule has 0 saturated carbocycles. The van der Waals surface area contributed by atoms with Gasteiger partial charge in [-0.1, -0.05) is 143 Å². The zero-order valence-corrected chi connectivity index (χ0v) is 40.3. The van der Waals surface area contributed by atoms with Crippen molar-refractivity contribution in [1.82, 2.24) is 4.90 Å². The highest BCUT2D eigenvalue weighted by atomic mass is 16.5. The maximum Gasteiger partial charge on any atom is 0.306 e. The Morgan fingerprint density at radius 1 is 0.492 bits per heavy atom. The van der Waals surface area contributed by atoms with E-state index in [0.29, 0.717) is 50.4 Å². The van der Waals surface area contributed by atoms with Crippen LogP contribution in [0.4, 0.5) is 11.4 Å². The molecule has 1 atom stereocenters. The van der Waals surface area contributed by atoms with Gasteiger partial charge in [0.05, 0.1) is 0 Å². The first kappa shape index (κ1) is 56.6. The van der Waals surface area contributed by atoms with Gasteiger partial charge in [0.15, 0.2) is 0 Å². The van der Waals surface area contributed by atoms with E-state index in [0.717, 1.165) is 110 Å². The summed E-state index contributed by atoms with van der Waals surface area (Å²) >= 11 is 0. The number of anilines is 2. The molecule has 0 saturated heterocycles. The SMILES string of the molecule is CCCCCCCCC(CC)OC(=O)CCCCCCCN(CCCNc1c(NC)c(=O)c1=O)CCCOCCCC(=O)OC(CCCCCCCC)CCCCCCCC. The normalized spacial score (nSPS) is 12.1. The van der Waals surface area contributed by atoms with Crippen LogP contribution in [-0.4, -0.2) is 75.5 Å². The number of nitrogens with zero attached hydrogens (tertiary/aromatic N) is 1. The highest BCUT2D eigenvalue weighted by molar-refractivity contribution is 5.73. The Morgan fingerprint density at radius 3 is 1.48 bits per heavy atom. The maximum absolute atomic E-state index is 12.8. The zero-order chi connectivity index (χ0) is 44.6. The molecule has 0 aliphatic heterocycles. The number of hydrogen-bond donors (Lipinski definition) is 2. The molecule has 10 heteroatoms. The van der Waals surface area contributed by atoms with Crippen molar-refractivity contribution in [1.29, 1.82) is 0 Å². The van der Waals surface area contributed by atoms with Gasteiger partial charge in [0.2, 0.25) is 0 Å². The van der Waals surface area contributed by atoms with Crippen molar-refractivity contribution in [2.75, 3.05) is 57.1 Å². The van der Waals surface area contributed by atoms with Crippen molar-refractivity contribution in [3.63, 3.8) is 0 Å². The van der Waals surface area contributed by atoms with Crippen LogP contribution >= 0.6 is 0 Å². The molecule has 356 valence electrons. The molecular weight excluding hydrogens is 767 g/mol. The standard InChI is InChI=1S/C51H95N3O7/c1-6-10-13-16-20-25-33-44(9-4)60-46(55)36-28-23-19-24-29-39-54(40-31-38-53-49-48(52-5)50(57)51(49)58)41-32-43-59-42-30-37-47(56)61-45(34-26-21-17-14-11-7-2)35-27-22-18-15-12-8-3/h44-45,52-53H,6-43H2,1-5H3. The molecule has 10 nitrogen and oxygen atoms in total. The Hall–Kier alpha value is -2.46. The van der Waals surface area contributed by atoms with E-state index in [1.165, 1.54) is 96.3 Å². The van der Waals surface area contributed by atoms with Crippen molar-refractivity contribution < 1.29 is 23.8 Å². The Balaban J connectivity index is 2.41. The van der Waals surface area contributed by atoms with Crippen molar-refractivity contribution in [2.45, 2.75) is 245 Å². The molecule has 1 aromatic carbocycles. The topological polar surface area (TPSA) is 123 Å². The minimum atomic E-state index is -0.453. The van der Waals surface area contributed by atoms with E-state index in [-0.39, 0.29) is 24.1 Å². The van der Waals surface area contributed by atoms with Gasteiger partial charge in [0, 0.05) is 46.2 Å². The van der Waals surface area contributed by atoms with Crippen LogP contribution in [0, 0.1) is 0 Å². The minimum Gasteiger partial charge on any atom is -0.462 e. The van der Waals surface area contributed by atoms with Crippen LogP contribution in [-0.2, 0) is 23.8 Å². The fourth-order valence-electron chi connectivity index (χ4n) is 8.15. The summed E-state index contributed by atoms with van der Waals surface area (Å²) in [5.41, 5.74) is -0.126. The van der Waals surface area contributed by atoms with Crippen LogP contribution in [0.1, 0.15) is 233 Å². The largest absolute Gasteiger partial charge is 0.462 e. The average molecular weight is 862 g/mol. The van der Waals surface area contributed by atoms with E-state index in [1.54, 1.807) is 7.05 Å². The number of rotatable bonds is 46. The molecule has 1 unspecified atom stereocenters. The van der Waals surface area contributed by atoms with Gasteiger partial charge in [0.25, 0.3) is 10.9 Å². The average Bonchev–Trinajstić information content (AvgIpc) is 3.26. The summed E-state index contributed by atoms with van der Waals surface area (Å²) in [6, 6.07) is 0. The summed E-state index contributed by atoms with van der Waals surface area (Å²) in [5.74, 6) is -0.128. The third-order valence-corrected chi connectivity index (χ3v) is 12.1. The molecule has 0 fully saturated rings. The smallest absolute Gasteiger partial charge is 0.306 e. The first-order valence-corrected chi connectivity index (χ1v) is 25.7. The van der Waals surface area contributed by atoms with E-state index in [1.807, 2.05) is 0 Å². The molecular formula is C51H95N3O7. The number of esters is 2. The van der Waals surface area contributed by atoms with Crippen LogP contribution in [0.25, 0.3) is 0 Å². The fourth-order valence-corrected chi connectivity index (χ4v) is 8.15. The van der Waals surface area contributed by atoms with Gasteiger partial charge >= 0.3 is 11.9 Å². The van der Waals surface area contributed by atoms with E-state index >= 15 is 0 Å². The van der Waals surface area contributed by atoms with E-state index < -0.39 is 10.9 Å². The van der Waals surface area contributed by atoms with Gasteiger partial charge in [-0.05, 0) is 90.1 Å². The molecule has 0 radical (unpaired) electrons. The molecule has 0 amide bonds. The number of ether oxygens (including phenoxy) is 3. The molecule has 0 spiro atoms. The predicted octanol–water partition coefficient (Wildman–Crippen LogP) is 12.4. The second-order valence-corrected chi connectivity index (χ2v) is 17.7. The second-order valence-electron chi connectivity index (χ2n) is 17.7. The molecule has 0 aliphatic rings. The van der Waals surface area contributed by atoms with Gasteiger partial charge in [0.1, 0.15) is 23.6 Å². The Bertz CT molecular complexity index is 1230. The third-order valence-electron chi connectivity index (χ3n) is 12.1. The van der Waals surface area contributed by atoms with E-state index in [2.05, 4.69) is 43.2 Å². The van der Waals surface area contributed by atoms with Crippen LogP contribution in [0.15, 0.2) is 9.59 Å². The number of carbonyl (C=O) groups is 2. The van der Waals surface area contributed by atoms with Crippen molar-refractivity contribution in [3.8, 4) is 0 Å². The second kappa shape index (κ2) is 40.3. The van der Waals surface area contributed by atoms with Crippen LogP contribution in [0.2, 0.25) is 0 Å². The Morgan fingerprint density at radius 2 is 0.918 bits per heavy atom. The van der Waals surface area contributed by atoms with Gasteiger partial charge in [-0.15, -0.1) is 0 Å². The molecule has 0 heterocycles. The summed E-state index contributed by atoms with van der Waals surface area (Å²) in [4.78, 5) is 51.5. The van der Waals surface area contributed by atoms with Gasteiger partial charge in [-0.25, -0.2) is 0 Å². The molecule has 0 aromatic heterocycles. The molecule has 1 aromatic rings. The molecule has 61 heavy (non-hydrogen) atoms. The Kier molecular flexibility index (Phi) is 37.4. The summed E-state index contributed by atoms with van der Waals surface area (Å²) in [7, 11) is 1.66. The van der Waals surface area contributed by atoms with E-state index in [9.17, 15) is 19.2 Å². The monoisotopic (exact) mass is 862 g/mol. The van der Waals surface area contributed by atoms with Crippen LogP contribution in [0.3, 0.4) is 0 Å². The number of unbranched alkanes of at least 4 members (excludes halogenated alkanes) is 19. The van der Waals surface area contributed by atoms with Gasteiger partial charge in [-0.2, -0.15) is 0 Å². The van der Waals surface area contributed by atoms with Crippen molar-refractivity contribution >= 4 is 23.3 Å². The number of carbonyl (C=O) groups excluding carboxylic acids is 2.